The van der Waals surface area contributed by atoms with Crippen LogP contribution in [0, 0.1) is 5.82 Å². The third-order valence-corrected chi connectivity index (χ3v) is 3.21. The molecule has 0 aromatic heterocycles. The lowest BCUT2D eigenvalue weighted by molar-refractivity contribution is 0.0693. The van der Waals surface area contributed by atoms with Crippen molar-refractivity contribution in [3.63, 3.8) is 0 Å². The topological polar surface area (TPSA) is 104 Å². The number of aromatic carboxylic acids is 1. The van der Waals surface area contributed by atoms with E-state index in [1.807, 2.05) is 0 Å². The number of anilines is 1. The Morgan fingerprint density at radius 3 is 2.71 bits per heavy atom. The number of hydrogen-bond donors (Lipinski definition) is 4. The van der Waals surface area contributed by atoms with Crippen molar-refractivity contribution in [3.05, 3.63) is 23.5 Å². The van der Waals surface area contributed by atoms with Crippen LogP contribution in [0.4, 0.5) is 10.1 Å². The summed E-state index contributed by atoms with van der Waals surface area (Å²) in [5.74, 6) is -2.03. The van der Waals surface area contributed by atoms with Crippen molar-refractivity contribution in [3.8, 4) is 0 Å². The van der Waals surface area contributed by atoms with Crippen LogP contribution in [0.25, 0.3) is 0 Å². The molecule has 94 valence electrons. The molecule has 0 aliphatic carbocycles. The number of nitrogens with two attached hydrogens (primary N) is 1. The molecule has 5 nitrogen and oxygen atoms in total. The molecule has 1 rings (SSSR count). The molecule has 1 aromatic rings. The minimum atomic E-state index is -1.33. The van der Waals surface area contributed by atoms with Crippen LogP contribution >= 0.6 is 11.8 Å². The summed E-state index contributed by atoms with van der Waals surface area (Å²) in [5, 5.41) is 26.7. The molecule has 0 bridgehead atoms. The molecule has 1 aromatic carbocycles. The Balaban J connectivity index is 2.99. The summed E-state index contributed by atoms with van der Waals surface area (Å²) in [6, 6.07) is 2.35. The van der Waals surface area contributed by atoms with Gasteiger partial charge < -0.3 is 21.1 Å². The van der Waals surface area contributed by atoms with Gasteiger partial charge in [0, 0.05) is 10.6 Å². The van der Waals surface area contributed by atoms with Crippen molar-refractivity contribution in [2.45, 2.75) is 11.0 Å². The van der Waals surface area contributed by atoms with E-state index in [0.29, 0.717) is 0 Å². The smallest absolute Gasteiger partial charge is 0.339 e. The monoisotopic (exact) mass is 261 g/mol. The van der Waals surface area contributed by atoms with Gasteiger partial charge in [-0.25, -0.2) is 9.18 Å². The highest BCUT2D eigenvalue weighted by Gasteiger charge is 2.18. The average Bonchev–Trinajstić information content (AvgIpc) is 2.29. The van der Waals surface area contributed by atoms with Crippen LogP contribution < -0.4 is 5.73 Å². The first-order chi connectivity index (χ1) is 7.97. The van der Waals surface area contributed by atoms with Gasteiger partial charge in [-0.05, 0) is 12.1 Å². The molecule has 0 heterocycles. The minimum Gasteiger partial charge on any atom is -0.478 e. The first-order valence-corrected chi connectivity index (χ1v) is 5.69. The Hall–Kier alpha value is -1.31. The van der Waals surface area contributed by atoms with Gasteiger partial charge in [0.1, 0.15) is 5.82 Å². The standard InChI is InChI=1S/C10H12FNO4S/c11-6-1-2-7(17-4-5(14)3-13)8(9(6)12)10(15)16/h1-2,5,13-14H,3-4,12H2,(H,15,16). The SMILES string of the molecule is Nc1c(F)ccc(SCC(O)CO)c1C(=O)O. The van der Waals surface area contributed by atoms with Crippen molar-refractivity contribution < 1.29 is 24.5 Å². The summed E-state index contributed by atoms with van der Waals surface area (Å²) >= 11 is 0.993. The third-order valence-electron chi connectivity index (χ3n) is 2.01. The highest BCUT2D eigenvalue weighted by molar-refractivity contribution is 7.99. The molecule has 0 aliphatic rings. The summed E-state index contributed by atoms with van der Waals surface area (Å²) < 4.78 is 13.1. The number of hydrogen-bond acceptors (Lipinski definition) is 5. The fourth-order valence-corrected chi connectivity index (χ4v) is 2.14. The third kappa shape index (κ3) is 3.32. The van der Waals surface area contributed by atoms with Crippen LogP contribution in [0.5, 0.6) is 0 Å². The van der Waals surface area contributed by atoms with E-state index >= 15 is 0 Å². The van der Waals surface area contributed by atoms with Crippen molar-refractivity contribution in [2.24, 2.45) is 0 Å². The lowest BCUT2D eigenvalue weighted by atomic mass is 10.2. The quantitative estimate of drug-likeness (QED) is 0.456. The molecule has 0 saturated heterocycles. The molecule has 1 unspecified atom stereocenters. The summed E-state index contributed by atoms with van der Waals surface area (Å²) in [4.78, 5) is 11.2. The number of thioether (sulfide) groups is 1. The maximum atomic E-state index is 13.1. The number of nitrogen functional groups attached to an aromatic ring is 1. The molecule has 0 saturated carbocycles. The highest BCUT2D eigenvalue weighted by atomic mass is 32.2. The molecule has 0 radical (unpaired) electrons. The number of carbonyl (C=O) groups is 1. The van der Waals surface area contributed by atoms with Gasteiger partial charge in [-0.15, -0.1) is 11.8 Å². The van der Waals surface area contributed by atoms with E-state index in [1.54, 1.807) is 0 Å². The molecule has 0 fully saturated rings. The van der Waals surface area contributed by atoms with Gasteiger partial charge in [0.2, 0.25) is 0 Å². The Kier molecular flexibility index (Phi) is 4.73. The largest absolute Gasteiger partial charge is 0.478 e. The number of aliphatic hydroxyl groups is 2. The maximum absolute atomic E-state index is 13.1. The van der Waals surface area contributed by atoms with Gasteiger partial charge in [-0.2, -0.15) is 0 Å². The summed E-state index contributed by atoms with van der Waals surface area (Å²) in [7, 11) is 0. The molecule has 0 spiro atoms. The zero-order chi connectivity index (χ0) is 13.0. The van der Waals surface area contributed by atoms with Crippen molar-refractivity contribution in [1.29, 1.82) is 0 Å². The number of halogens is 1. The number of rotatable bonds is 5. The first-order valence-electron chi connectivity index (χ1n) is 4.70. The molecule has 7 heteroatoms. The molecule has 1 atom stereocenters. The lowest BCUT2D eigenvalue weighted by Crippen LogP contribution is -2.15. The van der Waals surface area contributed by atoms with E-state index in [2.05, 4.69) is 0 Å². The lowest BCUT2D eigenvalue weighted by Gasteiger charge is -2.11. The second-order valence-corrected chi connectivity index (χ2v) is 4.35. The summed E-state index contributed by atoms with van der Waals surface area (Å²) in [6.07, 6.45) is -0.965. The Morgan fingerprint density at radius 2 is 2.18 bits per heavy atom. The number of carboxylic acids is 1. The fraction of sp³-hybridized carbons (Fsp3) is 0.300. The van der Waals surface area contributed by atoms with Gasteiger partial charge in [-0.3, -0.25) is 0 Å². The van der Waals surface area contributed by atoms with Crippen molar-refractivity contribution in [1.82, 2.24) is 0 Å². The summed E-state index contributed by atoms with van der Waals surface area (Å²) in [6.45, 7) is -0.425. The number of aliphatic hydroxyl groups excluding tert-OH is 2. The van der Waals surface area contributed by atoms with Crippen molar-refractivity contribution in [2.75, 3.05) is 18.1 Å². The van der Waals surface area contributed by atoms with Gasteiger partial charge in [0.25, 0.3) is 0 Å². The predicted octanol–water partition coefficient (Wildman–Crippen LogP) is 0.551. The zero-order valence-electron chi connectivity index (χ0n) is 8.76. The Labute approximate surface area is 101 Å². The average molecular weight is 261 g/mol. The Morgan fingerprint density at radius 1 is 1.53 bits per heavy atom. The molecular formula is C10H12FNO4S. The van der Waals surface area contributed by atoms with Gasteiger partial charge in [0.05, 0.1) is 24.0 Å². The zero-order valence-corrected chi connectivity index (χ0v) is 9.58. The minimum absolute atomic E-state index is 0.0991. The molecule has 0 amide bonds. The molecular weight excluding hydrogens is 249 g/mol. The Bertz CT molecular complexity index is 427. The first kappa shape index (κ1) is 13.8. The molecule has 5 N–H and O–H groups in total. The van der Waals surface area contributed by atoms with Crippen LogP contribution in [0.3, 0.4) is 0 Å². The molecule has 17 heavy (non-hydrogen) atoms. The van der Waals surface area contributed by atoms with E-state index in [9.17, 15) is 9.18 Å². The van der Waals surface area contributed by atoms with E-state index in [4.69, 9.17) is 21.1 Å². The van der Waals surface area contributed by atoms with Gasteiger partial charge >= 0.3 is 5.97 Å². The maximum Gasteiger partial charge on any atom is 0.339 e. The molecule has 0 aliphatic heterocycles. The van der Waals surface area contributed by atoms with Gasteiger partial charge in [-0.1, -0.05) is 0 Å². The van der Waals surface area contributed by atoms with Crippen LogP contribution in [-0.2, 0) is 0 Å². The van der Waals surface area contributed by atoms with E-state index in [-0.39, 0.29) is 16.2 Å². The summed E-state index contributed by atoms with van der Waals surface area (Å²) in [5.41, 5.74) is 4.59. The van der Waals surface area contributed by atoms with E-state index in [0.717, 1.165) is 17.8 Å². The highest BCUT2D eigenvalue weighted by Crippen LogP contribution is 2.29. The van der Waals surface area contributed by atoms with Crippen LogP contribution in [0.2, 0.25) is 0 Å². The van der Waals surface area contributed by atoms with E-state index < -0.39 is 30.2 Å². The second-order valence-electron chi connectivity index (χ2n) is 3.29. The van der Waals surface area contributed by atoms with Crippen molar-refractivity contribution >= 4 is 23.4 Å². The normalized spacial score (nSPS) is 12.4. The van der Waals surface area contributed by atoms with Crippen LogP contribution in [0.15, 0.2) is 17.0 Å². The van der Waals surface area contributed by atoms with Crippen LogP contribution in [-0.4, -0.2) is 39.8 Å². The predicted molar refractivity (Wildman–Crippen MR) is 61.6 cm³/mol. The van der Waals surface area contributed by atoms with E-state index in [1.165, 1.54) is 6.07 Å². The van der Waals surface area contributed by atoms with Crippen LogP contribution in [0.1, 0.15) is 10.4 Å². The second kappa shape index (κ2) is 5.85. The number of benzene rings is 1. The van der Waals surface area contributed by atoms with Gasteiger partial charge in [0.15, 0.2) is 0 Å². The fourth-order valence-electron chi connectivity index (χ4n) is 1.15. The number of carboxylic acid groups (broad SMARTS) is 1.